The second-order valence-corrected chi connectivity index (χ2v) is 7.65. The number of carbonyl (C=O) groups is 1. The molecule has 0 aliphatic heterocycles. The van der Waals surface area contributed by atoms with Gasteiger partial charge in [-0.3, -0.25) is 10.1 Å². The molecule has 0 aliphatic rings. The van der Waals surface area contributed by atoms with Crippen molar-refractivity contribution < 1.29 is 9.53 Å². The zero-order chi connectivity index (χ0) is 19.9. The summed E-state index contributed by atoms with van der Waals surface area (Å²) in [6.45, 7) is 0.290. The molecule has 0 fully saturated rings. The molecule has 4 rings (SSSR count). The molecule has 1 amide bonds. The third-order valence-electron chi connectivity index (χ3n) is 3.59. The summed E-state index contributed by atoms with van der Waals surface area (Å²) in [6, 6.07) is 18.9. The standard InChI is InChI=1S/C18H15N7O2S2.ClH/c26-15(12-28-18-22-23-24-25(18)13-7-3-1-4-8-13)19-17-21-20-16(29-17)11-27-14-9-5-2-6-10-14;/h1-10H,11-12H2,(H,19,21,26);1H. The predicted molar refractivity (Wildman–Crippen MR) is 116 cm³/mol. The van der Waals surface area contributed by atoms with E-state index in [1.807, 2.05) is 60.7 Å². The number of carbonyl (C=O) groups excluding carboxylic acids is 1. The first kappa shape index (κ1) is 21.7. The highest BCUT2D eigenvalue weighted by Gasteiger charge is 2.13. The van der Waals surface area contributed by atoms with Crippen LogP contribution in [0.4, 0.5) is 5.13 Å². The lowest BCUT2D eigenvalue weighted by Crippen LogP contribution is -2.14. The lowest BCUT2D eigenvalue weighted by atomic mass is 10.3. The molecule has 0 spiro atoms. The minimum atomic E-state index is -0.218. The molecule has 154 valence electrons. The van der Waals surface area contributed by atoms with Gasteiger partial charge in [-0.05, 0) is 34.7 Å². The summed E-state index contributed by atoms with van der Waals surface area (Å²) in [7, 11) is 0. The normalized spacial score (nSPS) is 10.3. The summed E-state index contributed by atoms with van der Waals surface area (Å²) < 4.78 is 7.21. The Bertz CT molecular complexity index is 1080. The van der Waals surface area contributed by atoms with Crippen LogP contribution in [-0.4, -0.2) is 42.1 Å². The molecule has 9 nitrogen and oxygen atoms in total. The van der Waals surface area contributed by atoms with Gasteiger partial charge in [0.2, 0.25) is 16.2 Å². The van der Waals surface area contributed by atoms with Crippen molar-refractivity contribution in [2.75, 3.05) is 11.1 Å². The number of rotatable bonds is 8. The number of hydrogen-bond donors (Lipinski definition) is 1. The van der Waals surface area contributed by atoms with E-state index in [1.54, 1.807) is 4.68 Å². The van der Waals surface area contributed by atoms with E-state index in [2.05, 4.69) is 31.0 Å². The molecule has 4 aromatic rings. The Morgan fingerprint density at radius 2 is 1.77 bits per heavy atom. The summed E-state index contributed by atoms with van der Waals surface area (Å²) in [5.41, 5.74) is 0.826. The van der Waals surface area contributed by atoms with Gasteiger partial charge in [-0.2, -0.15) is 4.68 Å². The minimum Gasteiger partial charge on any atom is -0.486 e. The van der Waals surface area contributed by atoms with Crippen LogP contribution in [0.5, 0.6) is 5.75 Å². The fraction of sp³-hybridized carbons (Fsp3) is 0.111. The van der Waals surface area contributed by atoms with Crippen LogP contribution in [0.25, 0.3) is 5.69 Å². The highest BCUT2D eigenvalue weighted by Crippen LogP contribution is 2.20. The van der Waals surface area contributed by atoms with Crippen LogP contribution in [-0.2, 0) is 11.4 Å². The van der Waals surface area contributed by atoms with Crippen LogP contribution in [0.3, 0.4) is 0 Å². The molecule has 2 heterocycles. The van der Waals surface area contributed by atoms with Gasteiger partial charge in [0.1, 0.15) is 12.4 Å². The van der Waals surface area contributed by atoms with E-state index in [9.17, 15) is 4.79 Å². The van der Waals surface area contributed by atoms with E-state index in [0.29, 0.717) is 15.3 Å². The second kappa shape index (κ2) is 10.7. The Hall–Kier alpha value is -3.02. The smallest absolute Gasteiger partial charge is 0.236 e. The fourth-order valence-corrected chi connectivity index (χ4v) is 3.67. The maximum absolute atomic E-state index is 12.2. The van der Waals surface area contributed by atoms with Gasteiger partial charge in [-0.1, -0.05) is 59.5 Å². The Kier molecular flexibility index (Phi) is 7.71. The van der Waals surface area contributed by atoms with E-state index >= 15 is 0 Å². The molecule has 0 aliphatic carbocycles. The average molecular weight is 462 g/mol. The van der Waals surface area contributed by atoms with E-state index in [4.69, 9.17) is 4.74 Å². The van der Waals surface area contributed by atoms with Crippen LogP contribution in [0, 0.1) is 0 Å². The molecule has 0 saturated heterocycles. The molecule has 1 N–H and O–H groups in total. The summed E-state index contributed by atoms with van der Waals surface area (Å²) in [5, 5.41) is 24.0. The number of ether oxygens (including phenoxy) is 1. The zero-order valence-electron chi connectivity index (χ0n) is 15.4. The van der Waals surface area contributed by atoms with Gasteiger partial charge in [-0.15, -0.1) is 27.7 Å². The third kappa shape index (κ3) is 5.75. The van der Waals surface area contributed by atoms with Gasteiger partial charge in [0.05, 0.1) is 11.4 Å². The fourth-order valence-electron chi connectivity index (χ4n) is 2.31. The number of aromatic nitrogens is 6. The largest absolute Gasteiger partial charge is 0.486 e. The van der Waals surface area contributed by atoms with Crippen molar-refractivity contribution in [3.05, 3.63) is 65.7 Å². The summed E-state index contributed by atoms with van der Waals surface area (Å²) in [5.74, 6) is 0.674. The van der Waals surface area contributed by atoms with Crippen molar-refractivity contribution in [2.24, 2.45) is 0 Å². The van der Waals surface area contributed by atoms with Gasteiger partial charge in [0, 0.05) is 0 Å². The van der Waals surface area contributed by atoms with Crippen molar-refractivity contribution in [1.29, 1.82) is 0 Å². The van der Waals surface area contributed by atoms with E-state index < -0.39 is 0 Å². The summed E-state index contributed by atoms with van der Waals surface area (Å²) in [6.07, 6.45) is 0. The first-order valence-electron chi connectivity index (χ1n) is 8.54. The third-order valence-corrected chi connectivity index (χ3v) is 5.32. The monoisotopic (exact) mass is 461 g/mol. The number of nitrogens with one attached hydrogen (secondary N) is 1. The number of hydrogen-bond acceptors (Lipinski definition) is 9. The SMILES string of the molecule is Cl.O=C(CSc1nnnn1-c1ccccc1)Nc1nnc(COc2ccccc2)s1. The van der Waals surface area contributed by atoms with Gasteiger partial charge in [0.15, 0.2) is 5.01 Å². The second-order valence-electron chi connectivity index (χ2n) is 5.65. The first-order chi connectivity index (χ1) is 14.3. The molecule has 0 radical (unpaired) electrons. The highest BCUT2D eigenvalue weighted by atomic mass is 35.5. The quantitative estimate of drug-likeness (QED) is 0.398. The maximum Gasteiger partial charge on any atom is 0.236 e. The maximum atomic E-state index is 12.2. The number of nitrogens with zero attached hydrogens (tertiary/aromatic N) is 6. The molecule has 12 heteroatoms. The van der Waals surface area contributed by atoms with Crippen LogP contribution >= 0.6 is 35.5 Å². The van der Waals surface area contributed by atoms with Gasteiger partial charge in [-0.25, -0.2) is 0 Å². The molecule has 0 saturated carbocycles. The van der Waals surface area contributed by atoms with Gasteiger partial charge < -0.3 is 4.74 Å². The molecule has 0 bridgehead atoms. The van der Waals surface area contributed by atoms with Crippen molar-refractivity contribution >= 4 is 46.5 Å². The van der Waals surface area contributed by atoms with Crippen LogP contribution in [0.15, 0.2) is 65.8 Å². The summed E-state index contributed by atoms with van der Waals surface area (Å²) in [4.78, 5) is 12.2. The molecule has 0 unspecified atom stereocenters. The molecule has 2 aromatic heterocycles. The molecular formula is C18H16ClN7O2S2. The van der Waals surface area contributed by atoms with Gasteiger partial charge >= 0.3 is 0 Å². The Morgan fingerprint density at radius 1 is 1.03 bits per heavy atom. The Labute approximate surface area is 186 Å². The number of para-hydroxylation sites is 2. The molecule has 0 atom stereocenters. The Morgan fingerprint density at radius 3 is 2.53 bits per heavy atom. The minimum absolute atomic E-state index is 0. The van der Waals surface area contributed by atoms with Crippen LogP contribution < -0.4 is 10.1 Å². The summed E-state index contributed by atoms with van der Waals surface area (Å²) >= 11 is 2.51. The number of amides is 1. The molecule has 2 aromatic carbocycles. The molecular weight excluding hydrogens is 446 g/mol. The first-order valence-corrected chi connectivity index (χ1v) is 10.3. The zero-order valence-corrected chi connectivity index (χ0v) is 17.9. The molecule has 30 heavy (non-hydrogen) atoms. The van der Waals surface area contributed by atoms with Crippen LogP contribution in [0.2, 0.25) is 0 Å². The van der Waals surface area contributed by atoms with Crippen molar-refractivity contribution in [3.63, 3.8) is 0 Å². The number of halogens is 1. The predicted octanol–water partition coefficient (Wildman–Crippen LogP) is 3.25. The van der Waals surface area contributed by atoms with E-state index in [0.717, 1.165) is 11.4 Å². The number of tetrazole rings is 1. The van der Waals surface area contributed by atoms with Crippen LogP contribution in [0.1, 0.15) is 5.01 Å². The van der Waals surface area contributed by atoms with E-state index in [-0.39, 0.29) is 30.7 Å². The average Bonchev–Trinajstić information content (AvgIpc) is 3.41. The topological polar surface area (TPSA) is 108 Å². The highest BCUT2D eigenvalue weighted by molar-refractivity contribution is 7.99. The number of benzene rings is 2. The Balaban J connectivity index is 0.00000256. The van der Waals surface area contributed by atoms with Crippen molar-refractivity contribution in [3.8, 4) is 11.4 Å². The van der Waals surface area contributed by atoms with E-state index in [1.165, 1.54) is 23.1 Å². The van der Waals surface area contributed by atoms with Crippen molar-refractivity contribution in [2.45, 2.75) is 11.8 Å². The lowest BCUT2D eigenvalue weighted by Gasteiger charge is -2.03. The lowest BCUT2D eigenvalue weighted by molar-refractivity contribution is -0.113. The number of anilines is 1. The van der Waals surface area contributed by atoms with Gasteiger partial charge in [0.25, 0.3) is 0 Å². The van der Waals surface area contributed by atoms with Crippen molar-refractivity contribution in [1.82, 2.24) is 30.4 Å². The number of thioether (sulfide) groups is 1.